The summed E-state index contributed by atoms with van der Waals surface area (Å²) < 4.78 is 25.5. The summed E-state index contributed by atoms with van der Waals surface area (Å²) in [6.45, 7) is 11.7. The van der Waals surface area contributed by atoms with E-state index in [2.05, 4.69) is 39.9 Å². The molecule has 0 radical (unpaired) electrons. The molecule has 0 saturated carbocycles. The molecule has 0 aromatic heterocycles. The molecule has 0 spiro atoms. The minimum atomic E-state index is -0.381. The van der Waals surface area contributed by atoms with Gasteiger partial charge in [0, 0.05) is 23.2 Å². The molecule has 2 aromatic carbocycles. The number of hydrogen-bond acceptors (Lipinski definition) is 3. The first-order valence-corrected chi connectivity index (χ1v) is 9.87. The summed E-state index contributed by atoms with van der Waals surface area (Å²) in [5, 5.41) is 3.96. The van der Waals surface area contributed by atoms with Crippen molar-refractivity contribution in [3.8, 4) is 11.5 Å². The van der Waals surface area contributed by atoms with Gasteiger partial charge in [-0.2, -0.15) is 0 Å². The van der Waals surface area contributed by atoms with Gasteiger partial charge in [0.2, 0.25) is 0 Å². The third-order valence-corrected chi connectivity index (χ3v) is 4.79. The second-order valence-corrected chi connectivity index (χ2v) is 9.32. The van der Waals surface area contributed by atoms with Gasteiger partial charge in [0.1, 0.15) is 12.4 Å². The van der Waals surface area contributed by atoms with E-state index < -0.39 is 0 Å². The topological polar surface area (TPSA) is 30.5 Å². The number of halogens is 2. The monoisotopic (exact) mass is 407 g/mol. The van der Waals surface area contributed by atoms with Gasteiger partial charge < -0.3 is 14.8 Å². The summed E-state index contributed by atoms with van der Waals surface area (Å²) in [5.41, 5.74) is 1.45. The Hall–Kier alpha value is -1.78. The second-order valence-electron chi connectivity index (χ2n) is 8.91. The van der Waals surface area contributed by atoms with Crippen molar-refractivity contribution in [1.82, 2.24) is 5.32 Å². The maximum atomic E-state index is 14.1. The molecule has 0 unspecified atom stereocenters. The molecule has 0 atom stereocenters. The van der Waals surface area contributed by atoms with E-state index in [9.17, 15) is 4.39 Å². The number of para-hydroxylation sites is 1. The summed E-state index contributed by atoms with van der Waals surface area (Å²) in [6, 6.07) is 10.4. The van der Waals surface area contributed by atoms with Gasteiger partial charge in [0.25, 0.3) is 0 Å². The number of benzene rings is 2. The first-order chi connectivity index (χ1) is 13.0. The highest BCUT2D eigenvalue weighted by molar-refractivity contribution is 6.31. The Labute approximate surface area is 173 Å². The molecule has 0 heterocycles. The minimum absolute atomic E-state index is 0.0320. The molecular formula is C23H31ClFNO2. The number of hydrogen-bond donors (Lipinski definition) is 1. The molecule has 0 amide bonds. The number of methoxy groups -OCH3 is 1. The van der Waals surface area contributed by atoms with Crippen LogP contribution in [0.25, 0.3) is 0 Å². The Morgan fingerprint density at radius 1 is 1.04 bits per heavy atom. The lowest BCUT2D eigenvalue weighted by atomic mass is 9.82. The van der Waals surface area contributed by atoms with Gasteiger partial charge in [-0.05, 0) is 43.9 Å². The van der Waals surface area contributed by atoms with Crippen LogP contribution >= 0.6 is 11.6 Å². The fraction of sp³-hybridized carbons (Fsp3) is 0.478. The number of rotatable bonds is 8. The Morgan fingerprint density at radius 3 is 2.32 bits per heavy atom. The average Bonchev–Trinajstić information content (AvgIpc) is 2.58. The van der Waals surface area contributed by atoms with Crippen molar-refractivity contribution >= 4 is 11.6 Å². The van der Waals surface area contributed by atoms with Crippen molar-refractivity contribution in [2.24, 2.45) is 5.41 Å². The summed E-state index contributed by atoms with van der Waals surface area (Å²) in [6.07, 6.45) is 1.02. The molecule has 2 aromatic rings. The van der Waals surface area contributed by atoms with Crippen LogP contribution in [0.3, 0.4) is 0 Å². The van der Waals surface area contributed by atoms with Gasteiger partial charge >= 0.3 is 0 Å². The molecule has 0 aliphatic heterocycles. The van der Waals surface area contributed by atoms with E-state index in [1.165, 1.54) is 6.07 Å². The van der Waals surface area contributed by atoms with Crippen molar-refractivity contribution in [2.45, 2.75) is 59.7 Å². The van der Waals surface area contributed by atoms with Crippen LogP contribution in [0, 0.1) is 11.2 Å². The molecule has 0 fully saturated rings. The zero-order chi connectivity index (χ0) is 20.9. The molecular weight excluding hydrogens is 377 g/mol. The second kappa shape index (κ2) is 9.15. The molecule has 0 saturated heterocycles. The smallest absolute Gasteiger partial charge is 0.166 e. The Bertz CT molecular complexity index is 779. The van der Waals surface area contributed by atoms with Gasteiger partial charge in [0.15, 0.2) is 11.5 Å². The highest BCUT2D eigenvalue weighted by Gasteiger charge is 2.25. The van der Waals surface area contributed by atoms with E-state index in [-0.39, 0.29) is 23.4 Å². The van der Waals surface area contributed by atoms with Crippen LogP contribution in [0.15, 0.2) is 36.4 Å². The molecule has 0 aliphatic carbocycles. The number of ether oxygens (including phenoxy) is 2. The SMILES string of the molecule is COc1cccc(CNC(C)(C)CC(C)(C)C)c1OCc1c(F)cccc1Cl. The molecule has 1 N–H and O–H groups in total. The molecule has 0 aliphatic rings. The van der Waals surface area contributed by atoms with Crippen LogP contribution in [0.4, 0.5) is 4.39 Å². The standard InChI is InChI=1S/C23H31ClFNO2/c1-22(2,3)15-23(4,5)26-13-16-9-7-12-20(27-6)21(16)28-14-17-18(24)10-8-11-19(17)25/h7-12,26H,13-15H2,1-6H3. The molecule has 2 rings (SSSR count). The molecule has 0 bridgehead atoms. The highest BCUT2D eigenvalue weighted by atomic mass is 35.5. The van der Waals surface area contributed by atoms with Crippen molar-refractivity contribution in [3.63, 3.8) is 0 Å². The lowest BCUT2D eigenvalue weighted by molar-refractivity contribution is 0.237. The van der Waals surface area contributed by atoms with E-state index in [1.54, 1.807) is 19.2 Å². The zero-order valence-corrected chi connectivity index (χ0v) is 18.4. The first kappa shape index (κ1) is 22.5. The lowest BCUT2D eigenvalue weighted by Gasteiger charge is -2.33. The van der Waals surface area contributed by atoms with Crippen LogP contribution in [0.1, 0.15) is 52.2 Å². The largest absolute Gasteiger partial charge is 0.493 e. The molecule has 5 heteroatoms. The highest BCUT2D eigenvalue weighted by Crippen LogP contribution is 2.34. The quantitative estimate of drug-likeness (QED) is 0.551. The summed E-state index contributed by atoms with van der Waals surface area (Å²) in [4.78, 5) is 0. The van der Waals surface area contributed by atoms with E-state index in [4.69, 9.17) is 21.1 Å². The van der Waals surface area contributed by atoms with Crippen LogP contribution in [-0.4, -0.2) is 12.6 Å². The van der Waals surface area contributed by atoms with Crippen molar-refractivity contribution < 1.29 is 13.9 Å². The van der Waals surface area contributed by atoms with Gasteiger partial charge in [-0.25, -0.2) is 4.39 Å². The average molecular weight is 408 g/mol. The van der Waals surface area contributed by atoms with Gasteiger partial charge in [-0.15, -0.1) is 0 Å². The Balaban J connectivity index is 2.20. The van der Waals surface area contributed by atoms with E-state index in [1.807, 2.05) is 18.2 Å². The van der Waals surface area contributed by atoms with Crippen LogP contribution < -0.4 is 14.8 Å². The third kappa shape index (κ3) is 6.39. The van der Waals surface area contributed by atoms with Crippen molar-refractivity contribution in [1.29, 1.82) is 0 Å². The first-order valence-electron chi connectivity index (χ1n) is 9.49. The lowest BCUT2D eigenvalue weighted by Crippen LogP contribution is -2.41. The van der Waals surface area contributed by atoms with Gasteiger partial charge in [-0.3, -0.25) is 0 Å². The predicted molar refractivity (Wildman–Crippen MR) is 114 cm³/mol. The predicted octanol–water partition coefficient (Wildman–Crippen LogP) is 6.37. The normalized spacial score (nSPS) is 12.1. The maximum absolute atomic E-state index is 14.1. The molecule has 154 valence electrons. The Kier molecular flexibility index (Phi) is 7.35. The van der Waals surface area contributed by atoms with Crippen molar-refractivity contribution in [3.05, 3.63) is 58.4 Å². The summed E-state index contributed by atoms with van der Waals surface area (Å²) in [7, 11) is 1.60. The molecule has 3 nitrogen and oxygen atoms in total. The Morgan fingerprint density at radius 2 is 1.71 bits per heavy atom. The molecule has 28 heavy (non-hydrogen) atoms. The van der Waals surface area contributed by atoms with E-state index in [0.717, 1.165) is 12.0 Å². The van der Waals surface area contributed by atoms with Crippen molar-refractivity contribution in [2.75, 3.05) is 7.11 Å². The number of nitrogens with one attached hydrogen (secondary N) is 1. The fourth-order valence-corrected chi connectivity index (χ4v) is 3.78. The summed E-state index contributed by atoms with van der Waals surface area (Å²) in [5.74, 6) is 0.831. The van der Waals surface area contributed by atoms with E-state index >= 15 is 0 Å². The van der Waals surface area contributed by atoms with Gasteiger partial charge in [0.05, 0.1) is 12.1 Å². The fourth-order valence-electron chi connectivity index (χ4n) is 3.56. The maximum Gasteiger partial charge on any atom is 0.166 e. The van der Waals surface area contributed by atoms with Crippen LogP contribution in [0.2, 0.25) is 5.02 Å². The zero-order valence-electron chi connectivity index (χ0n) is 17.7. The summed E-state index contributed by atoms with van der Waals surface area (Å²) >= 11 is 6.13. The van der Waals surface area contributed by atoms with Crippen LogP contribution in [0.5, 0.6) is 11.5 Å². The third-order valence-electron chi connectivity index (χ3n) is 4.43. The van der Waals surface area contributed by atoms with E-state index in [0.29, 0.717) is 28.6 Å². The van der Waals surface area contributed by atoms with Gasteiger partial charge in [-0.1, -0.05) is 50.6 Å². The minimum Gasteiger partial charge on any atom is -0.493 e. The van der Waals surface area contributed by atoms with Crippen LogP contribution in [-0.2, 0) is 13.2 Å².